The van der Waals surface area contributed by atoms with Crippen molar-refractivity contribution in [1.29, 1.82) is 0 Å². The van der Waals surface area contributed by atoms with E-state index < -0.39 is 0 Å². The van der Waals surface area contributed by atoms with E-state index in [1.807, 2.05) is 24.3 Å². The van der Waals surface area contributed by atoms with Crippen LogP contribution in [0.15, 0.2) is 48.5 Å². The number of hydrogen-bond acceptors (Lipinski definition) is 3. The minimum Gasteiger partial charge on any atom is -0.488 e. The number of hydrogen-bond donors (Lipinski definition) is 0. The summed E-state index contributed by atoms with van der Waals surface area (Å²) in [7, 11) is 0. The zero-order valence-electron chi connectivity index (χ0n) is 10.1. The first-order chi connectivity index (χ1) is 9.25. The highest BCUT2D eigenvalue weighted by atomic mass is 16.6. The zero-order valence-corrected chi connectivity index (χ0v) is 10.1. The average Bonchev–Trinajstić information content (AvgIpc) is 2.83. The molecule has 1 aliphatic heterocycles. The summed E-state index contributed by atoms with van der Waals surface area (Å²) in [5.74, 6) is 0.685. The number of para-hydroxylation sites is 1. The van der Waals surface area contributed by atoms with Crippen molar-refractivity contribution in [2.24, 2.45) is 0 Å². The van der Waals surface area contributed by atoms with Crippen molar-refractivity contribution in [2.75, 3.05) is 0 Å². The van der Waals surface area contributed by atoms with Gasteiger partial charge in [-0.2, -0.15) is 0 Å². The molecule has 1 aliphatic rings. The van der Waals surface area contributed by atoms with Crippen LogP contribution in [0.2, 0.25) is 0 Å². The molecular formula is C15H11NO3. The van der Waals surface area contributed by atoms with E-state index in [1.165, 1.54) is 6.07 Å². The molecule has 0 saturated carbocycles. The third kappa shape index (κ3) is 2.08. The smallest absolute Gasteiger partial charge is 0.276 e. The third-order valence-corrected chi connectivity index (χ3v) is 3.09. The summed E-state index contributed by atoms with van der Waals surface area (Å²) in [6.45, 7) is 0.517. The number of nitro groups is 1. The predicted molar refractivity (Wildman–Crippen MR) is 72.2 cm³/mol. The van der Waals surface area contributed by atoms with E-state index in [0.29, 0.717) is 17.9 Å². The minimum absolute atomic E-state index is 0.0861. The molecule has 0 atom stereocenters. The van der Waals surface area contributed by atoms with Gasteiger partial charge in [-0.15, -0.1) is 0 Å². The largest absolute Gasteiger partial charge is 0.488 e. The van der Waals surface area contributed by atoms with Gasteiger partial charge < -0.3 is 4.74 Å². The Kier molecular flexibility index (Phi) is 2.76. The second kappa shape index (κ2) is 4.57. The molecule has 0 amide bonds. The van der Waals surface area contributed by atoms with Gasteiger partial charge in [0, 0.05) is 17.2 Å². The van der Waals surface area contributed by atoms with Gasteiger partial charge in [-0.05, 0) is 12.1 Å². The van der Waals surface area contributed by atoms with Crippen LogP contribution in [-0.4, -0.2) is 4.92 Å². The monoisotopic (exact) mass is 253 g/mol. The molecule has 0 aromatic heterocycles. The molecular weight excluding hydrogens is 242 g/mol. The van der Waals surface area contributed by atoms with Gasteiger partial charge in [-0.25, -0.2) is 0 Å². The molecule has 4 nitrogen and oxygen atoms in total. The maximum absolute atomic E-state index is 11.0. The molecule has 4 heteroatoms. The quantitative estimate of drug-likeness (QED) is 0.606. The summed E-state index contributed by atoms with van der Waals surface area (Å²) in [5, 5.41) is 11.0. The van der Waals surface area contributed by atoms with Crippen LogP contribution in [0.4, 0.5) is 5.69 Å². The molecule has 0 aliphatic carbocycles. The van der Waals surface area contributed by atoms with Gasteiger partial charge >= 0.3 is 0 Å². The molecule has 0 N–H and O–H groups in total. The first-order valence-electron chi connectivity index (χ1n) is 5.92. The number of rotatable bonds is 2. The summed E-state index contributed by atoms with van der Waals surface area (Å²) >= 11 is 0. The SMILES string of the molecule is O=[N+]([O-])c1ccccc1/C=C1\OCc2ccccc21. The summed E-state index contributed by atoms with van der Waals surface area (Å²) < 4.78 is 5.60. The first kappa shape index (κ1) is 11.5. The molecule has 0 radical (unpaired) electrons. The van der Waals surface area contributed by atoms with Crippen molar-refractivity contribution < 1.29 is 9.66 Å². The van der Waals surface area contributed by atoms with Crippen molar-refractivity contribution in [2.45, 2.75) is 6.61 Å². The molecule has 0 bridgehead atoms. The highest BCUT2D eigenvalue weighted by molar-refractivity contribution is 5.82. The standard InChI is InChI=1S/C15H11NO3/c17-16(18)14-8-4-2-5-11(14)9-15-13-7-3-1-6-12(13)10-19-15/h1-9H,10H2/b15-9-. The average molecular weight is 253 g/mol. The van der Waals surface area contributed by atoms with Crippen molar-refractivity contribution in [1.82, 2.24) is 0 Å². The van der Waals surface area contributed by atoms with Crippen molar-refractivity contribution >= 4 is 17.5 Å². The van der Waals surface area contributed by atoms with Gasteiger partial charge in [0.15, 0.2) is 0 Å². The van der Waals surface area contributed by atoms with Gasteiger partial charge in [0.05, 0.1) is 10.5 Å². The molecule has 1 heterocycles. The molecule has 3 rings (SSSR count). The van der Waals surface area contributed by atoms with Crippen molar-refractivity contribution in [3.63, 3.8) is 0 Å². The van der Waals surface area contributed by atoms with Crippen LogP contribution in [0, 0.1) is 10.1 Å². The summed E-state index contributed by atoms with van der Waals surface area (Å²) in [6, 6.07) is 14.5. The Morgan fingerprint density at radius 3 is 2.68 bits per heavy atom. The van der Waals surface area contributed by atoms with E-state index in [4.69, 9.17) is 4.74 Å². The zero-order chi connectivity index (χ0) is 13.2. The topological polar surface area (TPSA) is 52.4 Å². The molecule has 2 aromatic rings. The van der Waals surface area contributed by atoms with Gasteiger partial charge in [0.2, 0.25) is 0 Å². The minimum atomic E-state index is -0.382. The van der Waals surface area contributed by atoms with E-state index in [0.717, 1.165) is 11.1 Å². The number of ether oxygens (including phenoxy) is 1. The number of fused-ring (bicyclic) bond motifs is 1. The van der Waals surface area contributed by atoms with Gasteiger partial charge in [-0.1, -0.05) is 36.4 Å². The fraction of sp³-hybridized carbons (Fsp3) is 0.0667. The van der Waals surface area contributed by atoms with Crippen LogP contribution in [0.5, 0.6) is 0 Å². The van der Waals surface area contributed by atoms with E-state index in [9.17, 15) is 10.1 Å². The molecule has 0 unspecified atom stereocenters. The normalized spacial score (nSPS) is 15.1. The molecule has 19 heavy (non-hydrogen) atoms. The number of benzene rings is 2. The number of nitrogens with zero attached hydrogens (tertiary/aromatic N) is 1. The van der Waals surface area contributed by atoms with Crippen LogP contribution in [-0.2, 0) is 11.3 Å². The fourth-order valence-corrected chi connectivity index (χ4v) is 2.16. The van der Waals surface area contributed by atoms with E-state index in [1.54, 1.807) is 24.3 Å². The lowest BCUT2D eigenvalue weighted by Gasteiger charge is -2.01. The Labute approximate surface area is 110 Å². The van der Waals surface area contributed by atoms with Crippen molar-refractivity contribution in [3.05, 3.63) is 75.3 Å². The summed E-state index contributed by atoms with van der Waals surface area (Å²) in [6.07, 6.45) is 1.73. The lowest BCUT2D eigenvalue weighted by atomic mass is 10.1. The molecule has 0 saturated heterocycles. The maximum atomic E-state index is 11.0. The van der Waals surface area contributed by atoms with Gasteiger partial charge in [0.25, 0.3) is 5.69 Å². The first-order valence-corrected chi connectivity index (χ1v) is 5.92. The van der Waals surface area contributed by atoms with E-state index >= 15 is 0 Å². The lowest BCUT2D eigenvalue weighted by Crippen LogP contribution is -1.91. The Morgan fingerprint density at radius 1 is 1.11 bits per heavy atom. The Hall–Kier alpha value is -2.62. The lowest BCUT2D eigenvalue weighted by molar-refractivity contribution is -0.385. The third-order valence-electron chi connectivity index (χ3n) is 3.09. The van der Waals surface area contributed by atoms with Gasteiger partial charge in [-0.3, -0.25) is 10.1 Å². The van der Waals surface area contributed by atoms with Crippen LogP contribution in [0.1, 0.15) is 16.7 Å². The molecule has 94 valence electrons. The Balaban J connectivity index is 2.07. The maximum Gasteiger partial charge on any atom is 0.276 e. The van der Waals surface area contributed by atoms with Crippen molar-refractivity contribution in [3.8, 4) is 0 Å². The second-order valence-corrected chi connectivity index (χ2v) is 4.27. The summed E-state index contributed by atoms with van der Waals surface area (Å²) in [5.41, 5.74) is 2.75. The summed E-state index contributed by atoms with van der Waals surface area (Å²) in [4.78, 5) is 10.6. The van der Waals surface area contributed by atoms with E-state index in [-0.39, 0.29) is 10.6 Å². The number of nitro benzene ring substituents is 1. The van der Waals surface area contributed by atoms with Crippen LogP contribution < -0.4 is 0 Å². The van der Waals surface area contributed by atoms with Gasteiger partial charge in [0.1, 0.15) is 12.4 Å². The van der Waals surface area contributed by atoms with Crippen LogP contribution >= 0.6 is 0 Å². The predicted octanol–water partition coefficient (Wildman–Crippen LogP) is 3.62. The molecule has 0 fully saturated rings. The van der Waals surface area contributed by atoms with Crippen LogP contribution in [0.3, 0.4) is 0 Å². The van der Waals surface area contributed by atoms with E-state index in [2.05, 4.69) is 0 Å². The fourth-order valence-electron chi connectivity index (χ4n) is 2.16. The highest BCUT2D eigenvalue weighted by Gasteiger charge is 2.18. The Bertz CT molecular complexity index is 677. The second-order valence-electron chi connectivity index (χ2n) is 4.27. The molecule has 2 aromatic carbocycles. The van der Waals surface area contributed by atoms with Crippen LogP contribution in [0.25, 0.3) is 11.8 Å². The highest BCUT2D eigenvalue weighted by Crippen LogP contribution is 2.32. The molecule has 0 spiro atoms. The Morgan fingerprint density at radius 2 is 1.84 bits per heavy atom.